The molecule has 0 spiro atoms. The number of pyridine rings is 1. The van der Waals surface area contributed by atoms with Crippen LogP contribution in [0.5, 0.6) is 5.75 Å². The van der Waals surface area contributed by atoms with Crippen LogP contribution in [0, 0.1) is 6.92 Å². The van der Waals surface area contributed by atoms with Gasteiger partial charge in [-0.05, 0) is 26.0 Å². The van der Waals surface area contributed by atoms with Crippen LogP contribution in [0.1, 0.15) is 30.4 Å². The first-order valence-electron chi connectivity index (χ1n) is 5.60. The van der Waals surface area contributed by atoms with Gasteiger partial charge in [-0.15, -0.1) is 0 Å². The first-order valence-corrected chi connectivity index (χ1v) is 5.60. The molecule has 0 aromatic carbocycles. The SMILES string of the molecule is CO[C@@H](C)c1noc(COc2cccnc2C)n1. The lowest BCUT2D eigenvalue weighted by Crippen LogP contribution is -2.00. The molecular weight excluding hydrogens is 234 g/mol. The number of hydrogen-bond donors (Lipinski definition) is 0. The van der Waals surface area contributed by atoms with Gasteiger partial charge >= 0.3 is 0 Å². The quantitative estimate of drug-likeness (QED) is 0.807. The molecular formula is C12H15N3O3. The van der Waals surface area contributed by atoms with E-state index in [1.54, 1.807) is 13.3 Å². The number of aryl methyl sites for hydroxylation is 1. The predicted molar refractivity (Wildman–Crippen MR) is 63.0 cm³/mol. The van der Waals surface area contributed by atoms with Crippen LogP contribution in [0.15, 0.2) is 22.9 Å². The van der Waals surface area contributed by atoms with Gasteiger partial charge in [-0.3, -0.25) is 4.98 Å². The van der Waals surface area contributed by atoms with Crippen molar-refractivity contribution in [1.29, 1.82) is 0 Å². The Kier molecular flexibility index (Phi) is 3.88. The lowest BCUT2D eigenvalue weighted by molar-refractivity contribution is 0.109. The minimum absolute atomic E-state index is 0.192. The zero-order valence-corrected chi connectivity index (χ0v) is 10.6. The molecule has 0 radical (unpaired) electrons. The molecule has 18 heavy (non-hydrogen) atoms. The van der Waals surface area contributed by atoms with Gasteiger partial charge in [0.15, 0.2) is 12.4 Å². The summed E-state index contributed by atoms with van der Waals surface area (Å²) in [5.74, 6) is 1.63. The van der Waals surface area contributed by atoms with Crippen molar-refractivity contribution in [1.82, 2.24) is 15.1 Å². The summed E-state index contributed by atoms with van der Waals surface area (Å²) < 4.78 is 15.7. The van der Waals surface area contributed by atoms with Gasteiger partial charge in [-0.25, -0.2) is 0 Å². The summed E-state index contributed by atoms with van der Waals surface area (Å²) in [6.45, 7) is 3.94. The van der Waals surface area contributed by atoms with Crippen LogP contribution in [0.2, 0.25) is 0 Å². The van der Waals surface area contributed by atoms with E-state index in [-0.39, 0.29) is 12.7 Å². The smallest absolute Gasteiger partial charge is 0.264 e. The second-order valence-corrected chi connectivity index (χ2v) is 3.80. The molecule has 0 aliphatic rings. The second-order valence-electron chi connectivity index (χ2n) is 3.80. The van der Waals surface area contributed by atoms with Crippen molar-refractivity contribution in [2.45, 2.75) is 26.6 Å². The fraction of sp³-hybridized carbons (Fsp3) is 0.417. The van der Waals surface area contributed by atoms with E-state index < -0.39 is 0 Å². The van der Waals surface area contributed by atoms with Crippen molar-refractivity contribution < 1.29 is 14.0 Å². The van der Waals surface area contributed by atoms with E-state index in [1.807, 2.05) is 26.0 Å². The molecule has 0 saturated heterocycles. The highest BCUT2D eigenvalue weighted by Crippen LogP contribution is 2.16. The number of aromatic nitrogens is 3. The van der Waals surface area contributed by atoms with E-state index in [9.17, 15) is 0 Å². The number of rotatable bonds is 5. The van der Waals surface area contributed by atoms with Crippen LogP contribution in [-0.4, -0.2) is 22.2 Å². The summed E-state index contributed by atoms with van der Waals surface area (Å²) in [5, 5.41) is 3.81. The highest BCUT2D eigenvalue weighted by atomic mass is 16.5. The molecule has 1 atom stereocenters. The molecule has 96 valence electrons. The first-order chi connectivity index (χ1) is 8.70. The Morgan fingerprint density at radius 2 is 2.28 bits per heavy atom. The van der Waals surface area contributed by atoms with E-state index in [0.29, 0.717) is 17.5 Å². The summed E-state index contributed by atoms with van der Waals surface area (Å²) in [7, 11) is 1.59. The van der Waals surface area contributed by atoms with Crippen molar-refractivity contribution in [2.24, 2.45) is 0 Å². The van der Waals surface area contributed by atoms with E-state index >= 15 is 0 Å². The molecule has 6 nitrogen and oxygen atoms in total. The molecule has 0 unspecified atom stereocenters. The third kappa shape index (κ3) is 2.84. The molecule has 2 aromatic rings. The molecule has 2 rings (SSSR count). The van der Waals surface area contributed by atoms with E-state index in [2.05, 4.69) is 15.1 Å². The van der Waals surface area contributed by atoms with Crippen molar-refractivity contribution in [3.05, 3.63) is 35.7 Å². The first kappa shape index (κ1) is 12.5. The topological polar surface area (TPSA) is 70.3 Å². The summed E-state index contributed by atoms with van der Waals surface area (Å²) >= 11 is 0. The standard InChI is InChI=1S/C12H15N3O3/c1-8-10(5-4-6-13-8)17-7-11-14-12(15-18-11)9(2)16-3/h4-6,9H,7H2,1-3H3/t9-/m0/s1. The number of methoxy groups -OCH3 is 1. The Labute approximate surface area is 105 Å². The summed E-state index contributed by atoms with van der Waals surface area (Å²) in [6.07, 6.45) is 1.52. The van der Waals surface area contributed by atoms with Crippen molar-refractivity contribution in [2.75, 3.05) is 7.11 Å². The summed E-state index contributed by atoms with van der Waals surface area (Å²) in [6, 6.07) is 3.66. The highest BCUT2D eigenvalue weighted by molar-refractivity contribution is 5.25. The van der Waals surface area contributed by atoms with E-state index in [4.69, 9.17) is 14.0 Å². The van der Waals surface area contributed by atoms with Crippen LogP contribution in [0.3, 0.4) is 0 Å². The molecule has 0 fully saturated rings. The number of nitrogens with zero attached hydrogens (tertiary/aromatic N) is 3. The summed E-state index contributed by atoms with van der Waals surface area (Å²) in [5.41, 5.74) is 0.822. The normalized spacial score (nSPS) is 12.4. The Morgan fingerprint density at radius 3 is 3.00 bits per heavy atom. The van der Waals surface area contributed by atoms with Gasteiger partial charge in [-0.2, -0.15) is 4.98 Å². The maximum Gasteiger partial charge on any atom is 0.264 e. The fourth-order valence-corrected chi connectivity index (χ4v) is 1.36. The average Bonchev–Trinajstić information content (AvgIpc) is 2.86. The lowest BCUT2D eigenvalue weighted by atomic mass is 10.3. The van der Waals surface area contributed by atoms with Crippen LogP contribution in [0.25, 0.3) is 0 Å². The van der Waals surface area contributed by atoms with E-state index in [1.165, 1.54) is 0 Å². The maximum absolute atomic E-state index is 5.55. The van der Waals surface area contributed by atoms with Gasteiger partial charge in [0.2, 0.25) is 0 Å². The third-order valence-corrected chi connectivity index (χ3v) is 2.51. The van der Waals surface area contributed by atoms with Crippen LogP contribution >= 0.6 is 0 Å². The lowest BCUT2D eigenvalue weighted by Gasteiger charge is -2.04. The molecule has 0 aliphatic carbocycles. The van der Waals surface area contributed by atoms with Crippen LogP contribution in [0.4, 0.5) is 0 Å². The molecule has 0 amide bonds. The molecule has 2 heterocycles. The zero-order chi connectivity index (χ0) is 13.0. The van der Waals surface area contributed by atoms with Gasteiger partial charge in [0.25, 0.3) is 5.89 Å². The Balaban J connectivity index is 1.98. The second kappa shape index (κ2) is 5.59. The zero-order valence-electron chi connectivity index (χ0n) is 10.6. The van der Waals surface area contributed by atoms with Gasteiger partial charge in [0, 0.05) is 13.3 Å². The van der Waals surface area contributed by atoms with Gasteiger partial charge in [-0.1, -0.05) is 5.16 Å². The molecule has 0 aliphatic heterocycles. The monoisotopic (exact) mass is 249 g/mol. The minimum Gasteiger partial charge on any atom is -0.482 e. The van der Waals surface area contributed by atoms with Gasteiger partial charge < -0.3 is 14.0 Å². The summed E-state index contributed by atoms with van der Waals surface area (Å²) in [4.78, 5) is 8.30. The van der Waals surface area contributed by atoms with Crippen molar-refractivity contribution >= 4 is 0 Å². The Bertz CT molecular complexity index is 513. The Morgan fingerprint density at radius 1 is 1.44 bits per heavy atom. The average molecular weight is 249 g/mol. The van der Waals surface area contributed by atoms with E-state index in [0.717, 1.165) is 5.69 Å². The fourth-order valence-electron chi connectivity index (χ4n) is 1.36. The molecule has 0 saturated carbocycles. The molecule has 0 N–H and O–H groups in total. The van der Waals surface area contributed by atoms with Gasteiger partial charge in [0.1, 0.15) is 11.9 Å². The molecule has 0 bridgehead atoms. The van der Waals surface area contributed by atoms with Crippen molar-refractivity contribution in [3.63, 3.8) is 0 Å². The largest absolute Gasteiger partial charge is 0.482 e. The molecule has 2 aromatic heterocycles. The Hall–Kier alpha value is -1.95. The highest BCUT2D eigenvalue weighted by Gasteiger charge is 2.13. The van der Waals surface area contributed by atoms with Crippen molar-refractivity contribution in [3.8, 4) is 5.75 Å². The minimum atomic E-state index is -0.192. The van der Waals surface area contributed by atoms with Crippen LogP contribution in [-0.2, 0) is 11.3 Å². The van der Waals surface area contributed by atoms with Crippen LogP contribution < -0.4 is 4.74 Å². The molecule has 6 heteroatoms. The predicted octanol–water partition coefficient (Wildman–Crippen LogP) is 2.06. The maximum atomic E-state index is 5.55. The number of hydrogen-bond acceptors (Lipinski definition) is 6. The van der Waals surface area contributed by atoms with Gasteiger partial charge in [0.05, 0.1) is 5.69 Å². The number of ether oxygens (including phenoxy) is 2. The third-order valence-electron chi connectivity index (χ3n) is 2.51.